The lowest BCUT2D eigenvalue weighted by Crippen LogP contribution is -2.29. The molecule has 0 aliphatic heterocycles. The molecule has 2 atom stereocenters. The maximum atomic E-state index is 13.9. The second-order valence-electron chi connectivity index (χ2n) is 4.57. The van der Waals surface area contributed by atoms with Crippen molar-refractivity contribution in [1.82, 2.24) is 5.32 Å². The van der Waals surface area contributed by atoms with Crippen LogP contribution in [0.4, 0.5) is 8.78 Å². The molecule has 2 rings (SSSR count). The van der Waals surface area contributed by atoms with Crippen molar-refractivity contribution in [3.8, 4) is 0 Å². The molecule has 1 fully saturated rings. The van der Waals surface area contributed by atoms with E-state index >= 15 is 0 Å². The number of carbonyl (C=O) groups excluding carboxylic acids is 1. The highest BCUT2D eigenvalue weighted by Crippen LogP contribution is 2.30. The van der Waals surface area contributed by atoms with E-state index < -0.39 is 38.0 Å². The summed E-state index contributed by atoms with van der Waals surface area (Å²) in [6.07, 6.45) is 0.726. The quantitative estimate of drug-likeness (QED) is 0.861. The van der Waals surface area contributed by atoms with Crippen molar-refractivity contribution in [3.63, 3.8) is 0 Å². The second-order valence-corrected chi connectivity index (χ2v) is 6.10. The summed E-state index contributed by atoms with van der Waals surface area (Å²) < 4.78 is 49.6. The van der Waals surface area contributed by atoms with Gasteiger partial charge in [0.1, 0.15) is 16.3 Å². The minimum Gasteiger partial charge on any atom is -0.349 e. The number of halogens is 2. The van der Waals surface area contributed by atoms with E-state index in [1.807, 2.05) is 6.92 Å². The van der Waals surface area contributed by atoms with Crippen molar-refractivity contribution < 1.29 is 22.0 Å². The molecule has 0 saturated heterocycles. The summed E-state index contributed by atoms with van der Waals surface area (Å²) in [5, 5.41) is 7.22. The fourth-order valence-corrected chi connectivity index (χ4v) is 2.33. The topological polar surface area (TPSA) is 89.3 Å². The first-order chi connectivity index (χ1) is 8.71. The molecule has 3 N–H and O–H groups in total. The summed E-state index contributed by atoms with van der Waals surface area (Å²) >= 11 is 0. The van der Waals surface area contributed by atoms with E-state index in [1.54, 1.807) is 0 Å². The lowest BCUT2D eigenvalue weighted by atomic mass is 10.2. The van der Waals surface area contributed by atoms with Crippen LogP contribution in [0.1, 0.15) is 23.7 Å². The van der Waals surface area contributed by atoms with Crippen molar-refractivity contribution in [3.05, 3.63) is 29.3 Å². The first-order valence-corrected chi connectivity index (χ1v) is 7.08. The van der Waals surface area contributed by atoms with Crippen LogP contribution in [-0.4, -0.2) is 20.4 Å². The summed E-state index contributed by atoms with van der Waals surface area (Å²) in [5.74, 6) is -3.32. The molecule has 19 heavy (non-hydrogen) atoms. The molecule has 1 aliphatic rings. The van der Waals surface area contributed by atoms with Gasteiger partial charge in [0.2, 0.25) is 10.0 Å². The number of rotatable bonds is 3. The molecular weight excluding hydrogens is 278 g/mol. The molecule has 0 aromatic heterocycles. The molecule has 0 radical (unpaired) electrons. The van der Waals surface area contributed by atoms with Gasteiger partial charge in [-0.05, 0) is 24.5 Å². The van der Waals surface area contributed by atoms with Crippen molar-refractivity contribution in [1.29, 1.82) is 0 Å². The molecular formula is C11H12F2N2O3S. The Morgan fingerprint density at radius 2 is 2.00 bits per heavy atom. The molecule has 1 aromatic carbocycles. The monoisotopic (exact) mass is 290 g/mol. The number of primary sulfonamides is 1. The molecule has 5 nitrogen and oxygen atoms in total. The van der Waals surface area contributed by atoms with E-state index in [0.717, 1.165) is 6.42 Å². The van der Waals surface area contributed by atoms with Crippen molar-refractivity contribution in [2.45, 2.75) is 24.3 Å². The number of sulfonamides is 1. The molecule has 0 bridgehead atoms. The maximum Gasteiger partial charge on any atom is 0.257 e. The second kappa shape index (κ2) is 4.53. The number of nitrogens with one attached hydrogen (secondary N) is 1. The van der Waals surface area contributed by atoms with Crippen LogP contribution in [0.5, 0.6) is 0 Å². The third-order valence-electron chi connectivity index (χ3n) is 3.02. The van der Waals surface area contributed by atoms with Gasteiger partial charge in [0.05, 0.1) is 0 Å². The average molecular weight is 290 g/mol. The summed E-state index contributed by atoms with van der Waals surface area (Å²) in [4.78, 5) is 10.8. The lowest BCUT2D eigenvalue weighted by molar-refractivity contribution is 0.0940. The highest BCUT2D eigenvalue weighted by molar-refractivity contribution is 7.89. The summed E-state index contributed by atoms with van der Waals surface area (Å²) in [7, 11) is -4.35. The molecule has 8 heteroatoms. The van der Waals surface area contributed by atoms with Crippen LogP contribution >= 0.6 is 0 Å². The fraction of sp³-hybridized carbons (Fsp3) is 0.364. The zero-order chi connectivity index (χ0) is 14.4. The van der Waals surface area contributed by atoms with Crippen LogP contribution in [0.3, 0.4) is 0 Å². The number of benzene rings is 1. The maximum absolute atomic E-state index is 13.9. The van der Waals surface area contributed by atoms with Gasteiger partial charge in [-0.1, -0.05) is 6.92 Å². The summed E-state index contributed by atoms with van der Waals surface area (Å²) in [5.41, 5.74) is -0.925. The Balaban J connectivity index is 2.41. The molecule has 1 aromatic rings. The number of nitrogens with two attached hydrogens (primary N) is 1. The zero-order valence-electron chi connectivity index (χ0n) is 9.98. The van der Waals surface area contributed by atoms with Crippen molar-refractivity contribution >= 4 is 15.9 Å². The standard InChI is InChI=1S/C11H12F2N2O3S/c1-5-4-7(5)15-11(16)9-6(12)2-3-8(10(9)13)19(14,17)18/h2-3,5,7H,4H2,1H3,(H,15,16)(H2,14,17,18). The van der Waals surface area contributed by atoms with E-state index in [9.17, 15) is 22.0 Å². The minimum absolute atomic E-state index is 0.135. The molecule has 1 saturated carbocycles. The lowest BCUT2D eigenvalue weighted by Gasteiger charge is -2.09. The van der Waals surface area contributed by atoms with Gasteiger partial charge in [0.25, 0.3) is 5.91 Å². The summed E-state index contributed by atoms with van der Waals surface area (Å²) in [6.45, 7) is 1.87. The molecule has 0 spiro atoms. The first-order valence-electron chi connectivity index (χ1n) is 5.53. The summed E-state index contributed by atoms with van der Waals surface area (Å²) in [6, 6.07) is 1.26. The Hall–Kier alpha value is -1.54. The molecule has 2 unspecified atom stereocenters. The van der Waals surface area contributed by atoms with Gasteiger partial charge in [0.15, 0.2) is 5.82 Å². The number of amides is 1. The van der Waals surface area contributed by atoms with Crippen LogP contribution in [0, 0.1) is 17.6 Å². The zero-order valence-corrected chi connectivity index (χ0v) is 10.8. The van der Waals surface area contributed by atoms with Crippen LogP contribution in [0.15, 0.2) is 17.0 Å². The molecule has 1 aliphatic carbocycles. The fourth-order valence-electron chi connectivity index (χ4n) is 1.72. The van der Waals surface area contributed by atoms with E-state index in [1.165, 1.54) is 0 Å². The third-order valence-corrected chi connectivity index (χ3v) is 3.94. The van der Waals surface area contributed by atoms with Gasteiger partial charge in [0, 0.05) is 6.04 Å². The Morgan fingerprint density at radius 1 is 1.42 bits per heavy atom. The molecule has 1 amide bonds. The highest BCUT2D eigenvalue weighted by Gasteiger charge is 2.35. The Morgan fingerprint density at radius 3 is 2.47 bits per heavy atom. The largest absolute Gasteiger partial charge is 0.349 e. The predicted molar refractivity (Wildman–Crippen MR) is 62.8 cm³/mol. The van der Waals surface area contributed by atoms with Gasteiger partial charge in [-0.15, -0.1) is 0 Å². The average Bonchev–Trinajstić information content (AvgIpc) is 2.91. The van der Waals surface area contributed by atoms with E-state index in [0.29, 0.717) is 12.1 Å². The number of hydrogen-bond donors (Lipinski definition) is 2. The molecule has 104 valence electrons. The smallest absolute Gasteiger partial charge is 0.257 e. The number of hydrogen-bond acceptors (Lipinski definition) is 3. The van der Waals surface area contributed by atoms with E-state index in [2.05, 4.69) is 5.32 Å². The Kier molecular flexibility index (Phi) is 3.31. The Labute approximate surface area is 108 Å². The first kappa shape index (κ1) is 13.9. The van der Waals surface area contributed by atoms with Crippen LogP contribution < -0.4 is 10.5 Å². The van der Waals surface area contributed by atoms with Crippen molar-refractivity contribution in [2.24, 2.45) is 11.1 Å². The van der Waals surface area contributed by atoms with Gasteiger partial charge in [-0.25, -0.2) is 22.3 Å². The number of carbonyl (C=O) groups is 1. The van der Waals surface area contributed by atoms with Gasteiger partial charge in [-0.2, -0.15) is 0 Å². The van der Waals surface area contributed by atoms with E-state index in [-0.39, 0.29) is 12.0 Å². The van der Waals surface area contributed by atoms with E-state index in [4.69, 9.17) is 5.14 Å². The molecule has 0 heterocycles. The van der Waals surface area contributed by atoms with Gasteiger partial charge >= 0.3 is 0 Å². The predicted octanol–water partition coefficient (Wildman–Crippen LogP) is 0.750. The van der Waals surface area contributed by atoms with Gasteiger partial charge in [-0.3, -0.25) is 4.79 Å². The SMILES string of the molecule is CC1CC1NC(=O)c1c(F)ccc(S(N)(=O)=O)c1F. The van der Waals surface area contributed by atoms with Crippen LogP contribution in [0.25, 0.3) is 0 Å². The van der Waals surface area contributed by atoms with Crippen molar-refractivity contribution in [2.75, 3.05) is 0 Å². The third kappa shape index (κ3) is 2.74. The normalized spacial score (nSPS) is 22.1. The van der Waals surface area contributed by atoms with Crippen LogP contribution in [0.2, 0.25) is 0 Å². The minimum atomic E-state index is -4.35. The highest BCUT2D eigenvalue weighted by atomic mass is 32.2. The van der Waals surface area contributed by atoms with Crippen LogP contribution in [-0.2, 0) is 10.0 Å². The van der Waals surface area contributed by atoms with Gasteiger partial charge < -0.3 is 5.32 Å². The Bertz CT molecular complexity index is 646.